The van der Waals surface area contributed by atoms with Crippen molar-refractivity contribution in [1.82, 2.24) is 4.90 Å². The summed E-state index contributed by atoms with van der Waals surface area (Å²) >= 11 is 0. The quantitative estimate of drug-likeness (QED) is 0.725. The lowest BCUT2D eigenvalue weighted by atomic mass is 10.1. The van der Waals surface area contributed by atoms with Crippen LogP contribution in [0, 0.1) is 5.82 Å². The molecular weight excluding hydrogens is 181 g/mol. The summed E-state index contributed by atoms with van der Waals surface area (Å²) in [7, 11) is 3.64. The number of halogens is 1. The number of ketones is 1. The van der Waals surface area contributed by atoms with Crippen molar-refractivity contribution < 1.29 is 9.18 Å². The molecule has 1 aromatic rings. The van der Waals surface area contributed by atoms with Crippen molar-refractivity contribution in [2.24, 2.45) is 0 Å². The van der Waals surface area contributed by atoms with Gasteiger partial charge in [0.1, 0.15) is 5.82 Å². The highest BCUT2D eigenvalue weighted by molar-refractivity contribution is 5.82. The van der Waals surface area contributed by atoms with Gasteiger partial charge in [0.2, 0.25) is 0 Å². The fourth-order valence-electron chi connectivity index (χ4n) is 1.26. The number of Topliss-reactive ketones (excluding diaryl/α,β-unsaturated/α-hetero) is 1. The zero-order chi connectivity index (χ0) is 10.6. The molecule has 2 nitrogen and oxygen atoms in total. The zero-order valence-corrected chi connectivity index (χ0v) is 8.46. The van der Waals surface area contributed by atoms with E-state index in [4.69, 9.17) is 0 Å². The molecule has 1 aromatic carbocycles. The van der Waals surface area contributed by atoms with Crippen LogP contribution in [0.3, 0.4) is 0 Å². The average Bonchev–Trinajstić information content (AvgIpc) is 2.07. The average molecular weight is 195 g/mol. The second kappa shape index (κ2) is 4.86. The first kappa shape index (κ1) is 10.9. The lowest BCUT2D eigenvalue weighted by Gasteiger charge is -2.08. The minimum absolute atomic E-state index is 0.0279. The Morgan fingerprint density at radius 1 is 1.36 bits per heavy atom. The van der Waals surface area contributed by atoms with Gasteiger partial charge in [0.05, 0.1) is 6.54 Å². The molecule has 0 aliphatic heterocycles. The van der Waals surface area contributed by atoms with E-state index >= 15 is 0 Å². The number of hydrogen-bond acceptors (Lipinski definition) is 2. The van der Waals surface area contributed by atoms with Crippen molar-refractivity contribution in [3.8, 4) is 0 Å². The second-order valence-corrected chi connectivity index (χ2v) is 3.54. The molecule has 0 N–H and O–H groups in total. The SMILES string of the molecule is CN(C)CC(=O)Cc1ccccc1F. The molecule has 76 valence electrons. The van der Waals surface area contributed by atoms with Gasteiger partial charge in [-0.3, -0.25) is 4.79 Å². The Balaban J connectivity index is 2.61. The Morgan fingerprint density at radius 3 is 2.57 bits per heavy atom. The number of hydrogen-bond donors (Lipinski definition) is 0. The van der Waals surface area contributed by atoms with Crippen molar-refractivity contribution >= 4 is 5.78 Å². The first-order chi connectivity index (χ1) is 6.59. The maximum Gasteiger partial charge on any atom is 0.151 e. The minimum Gasteiger partial charge on any atom is -0.302 e. The van der Waals surface area contributed by atoms with Crippen LogP contribution in [0.2, 0.25) is 0 Å². The van der Waals surface area contributed by atoms with E-state index < -0.39 is 0 Å². The molecule has 14 heavy (non-hydrogen) atoms. The maximum absolute atomic E-state index is 13.1. The van der Waals surface area contributed by atoms with E-state index in [0.717, 1.165) is 0 Å². The monoisotopic (exact) mass is 195 g/mol. The van der Waals surface area contributed by atoms with Gasteiger partial charge in [-0.2, -0.15) is 0 Å². The van der Waals surface area contributed by atoms with Crippen LogP contribution in [-0.4, -0.2) is 31.3 Å². The lowest BCUT2D eigenvalue weighted by Crippen LogP contribution is -2.23. The summed E-state index contributed by atoms with van der Waals surface area (Å²) in [5, 5.41) is 0. The summed E-state index contributed by atoms with van der Waals surface area (Å²) in [6.07, 6.45) is 0.171. The van der Waals surface area contributed by atoms with Crippen molar-refractivity contribution in [3.05, 3.63) is 35.6 Å². The van der Waals surface area contributed by atoms with Crippen LogP contribution in [0.25, 0.3) is 0 Å². The van der Waals surface area contributed by atoms with Gasteiger partial charge in [0, 0.05) is 6.42 Å². The van der Waals surface area contributed by atoms with E-state index in [1.54, 1.807) is 23.1 Å². The Morgan fingerprint density at radius 2 is 2.00 bits per heavy atom. The Kier molecular flexibility index (Phi) is 3.77. The standard InChI is InChI=1S/C11H14FNO/c1-13(2)8-10(14)7-9-5-3-4-6-11(9)12/h3-6H,7-8H2,1-2H3. The molecule has 0 spiro atoms. The second-order valence-electron chi connectivity index (χ2n) is 3.54. The van der Waals surface area contributed by atoms with Gasteiger partial charge in [0.25, 0.3) is 0 Å². The third-order valence-corrected chi connectivity index (χ3v) is 1.84. The Hall–Kier alpha value is -1.22. The van der Waals surface area contributed by atoms with Crippen LogP contribution < -0.4 is 0 Å². The lowest BCUT2D eigenvalue weighted by molar-refractivity contribution is -0.119. The molecule has 0 unspecified atom stereocenters. The molecule has 0 heterocycles. The number of carbonyl (C=O) groups is 1. The van der Waals surface area contributed by atoms with Crippen LogP contribution in [0.5, 0.6) is 0 Å². The van der Waals surface area contributed by atoms with Crippen molar-refractivity contribution in [2.45, 2.75) is 6.42 Å². The fraction of sp³-hybridized carbons (Fsp3) is 0.364. The highest BCUT2D eigenvalue weighted by atomic mass is 19.1. The van der Waals surface area contributed by atoms with E-state index in [-0.39, 0.29) is 18.0 Å². The number of rotatable bonds is 4. The summed E-state index contributed by atoms with van der Waals surface area (Å²) in [5.74, 6) is -0.278. The maximum atomic E-state index is 13.1. The number of benzene rings is 1. The van der Waals surface area contributed by atoms with Crippen LogP contribution in [0.1, 0.15) is 5.56 Å². The normalized spacial score (nSPS) is 10.6. The van der Waals surface area contributed by atoms with E-state index in [1.807, 2.05) is 14.1 Å². The summed E-state index contributed by atoms with van der Waals surface area (Å²) in [6, 6.07) is 6.37. The zero-order valence-electron chi connectivity index (χ0n) is 8.46. The van der Waals surface area contributed by atoms with Gasteiger partial charge in [-0.25, -0.2) is 4.39 Å². The van der Waals surface area contributed by atoms with Gasteiger partial charge < -0.3 is 4.90 Å². The van der Waals surface area contributed by atoms with Gasteiger partial charge in [-0.1, -0.05) is 18.2 Å². The molecule has 3 heteroatoms. The topological polar surface area (TPSA) is 20.3 Å². The van der Waals surface area contributed by atoms with Gasteiger partial charge in [0.15, 0.2) is 5.78 Å². The first-order valence-electron chi connectivity index (χ1n) is 4.49. The van der Waals surface area contributed by atoms with E-state index in [2.05, 4.69) is 0 Å². The Labute approximate surface area is 83.3 Å². The molecule has 1 rings (SSSR count). The molecular formula is C11H14FNO. The summed E-state index contributed by atoms with van der Waals surface area (Å²) in [5.41, 5.74) is 0.472. The van der Waals surface area contributed by atoms with Crippen molar-refractivity contribution in [2.75, 3.05) is 20.6 Å². The van der Waals surface area contributed by atoms with Gasteiger partial charge in [-0.15, -0.1) is 0 Å². The summed E-state index contributed by atoms with van der Waals surface area (Å²) < 4.78 is 13.1. The van der Waals surface area contributed by atoms with Gasteiger partial charge >= 0.3 is 0 Å². The highest BCUT2D eigenvalue weighted by Crippen LogP contribution is 2.07. The highest BCUT2D eigenvalue weighted by Gasteiger charge is 2.07. The molecule has 0 bridgehead atoms. The Bertz CT molecular complexity index is 323. The van der Waals surface area contributed by atoms with Crippen LogP contribution in [0.15, 0.2) is 24.3 Å². The third kappa shape index (κ3) is 3.26. The summed E-state index contributed by atoms with van der Waals surface area (Å²) in [6.45, 7) is 0.355. The molecule has 0 saturated carbocycles. The molecule has 0 aliphatic carbocycles. The van der Waals surface area contributed by atoms with E-state index in [0.29, 0.717) is 12.1 Å². The number of likely N-dealkylation sites (N-methyl/N-ethyl adjacent to an activating group) is 1. The molecule has 0 aliphatic rings. The number of carbonyl (C=O) groups excluding carboxylic acids is 1. The molecule has 0 amide bonds. The third-order valence-electron chi connectivity index (χ3n) is 1.84. The van der Waals surface area contributed by atoms with Crippen LogP contribution in [0.4, 0.5) is 4.39 Å². The molecule has 0 radical (unpaired) electrons. The predicted octanol–water partition coefficient (Wildman–Crippen LogP) is 1.50. The molecule has 0 saturated heterocycles. The van der Waals surface area contributed by atoms with E-state index in [9.17, 15) is 9.18 Å². The molecule has 0 fully saturated rings. The first-order valence-corrected chi connectivity index (χ1v) is 4.49. The minimum atomic E-state index is -0.306. The summed E-state index contributed by atoms with van der Waals surface area (Å²) in [4.78, 5) is 13.1. The molecule has 0 atom stereocenters. The largest absolute Gasteiger partial charge is 0.302 e. The smallest absolute Gasteiger partial charge is 0.151 e. The van der Waals surface area contributed by atoms with E-state index in [1.165, 1.54) is 6.07 Å². The van der Waals surface area contributed by atoms with Crippen LogP contribution >= 0.6 is 0 Å². The van der Waals surface area contributed by atoms with Crippen molar-refractivity contribution in [1.29, 1.82) is 0 Å². The predicted molar refractivity (Wildman–Crippen MR) is 53.7 cm³/mol. The molecule has 0 aromatic heterocycles. The van der Waals surface area contributed by atoms with Crippen LogP contribution in [-0.2, 0) is 11.2 Å². The van der Waals surface area contributed by atoms with Gasteiger partial charge in [-0.05, 0) is 25.7 Å². The van der Waals surface area contributed by atoms with Crippen molar-refractivity contribution in [3.63, 3.8) is 0 Å². The number of nitrogens with zero attached hydrogens (tertiary/aromatic N) is 1. The fourth-order valence-corrected chi connectivity index (χ4v) is 1.26.